The van der Waals surface area contributed by atoms with Gasteiger partial charge in [0.1, 0.15) is 0 Å². The number of carbonyl (C=O) groups is 1. The second-order valence-electron chi connectivity index (χ2n) is 3.61. The SMILES string of the molecule is NN1CCCN(Cc2ccncc2)C1=O. The fraction of sp³-hybridized carbons (Fsp3) is 0.400. The van der Waals surface area contributed by atoms with Crippen LogP contribution in [0.25, 0.3) is 0 Å². The fourth-order valence-electron chi connectivity index (χ4n) is 1.66. The van der Waals surface area contributed by atoms with Crippen molar-refractivity contribution in [1.82, 2.24) is 14.9 Å². The van der Waals surface area contributed by atoms with E-state index in [4.69, 9.17) is 5.84 Å². The summed E-state index contributed by atoms with van der Waals surface area (Å²) in [6.45, 7) is 2.02. The highest BCUT2D eigenvalue weighted by Gasteiger charge is 2.22. The van der Waals surface area contributed by atoms with E-state index in [2.05, 4.69) is 4.98 Å². The lowest BCUT2D eigenvalue weighted by Gasteiger charge is -2.32. The monoisotopic (exact) mass is 206 g/mol. The first-order valence-electron chi connectivity index (χ1n) is 4.97. The molecule has 1 aliphatic heterocycles. The normalized spacial score (nSPS) is 17.0. The van der Waals surface area contributed by atoms with Crippen LogP contribution in [0.15, 0.2) is 24.5 Å². The van der Waals surface area contributed by atoms with Gasteiger partial charge in [-0.25, -0.2) is 10.6 Å². The smallest absolute Gasteiger partial charge is 0.319 e. The Morgan fingerprint density at radius 3 is 2.80 bits per heavy atom. The highest BCUT2D eigenvalue weighted by Crippen LogP contribution is 2.10. The number of hydrogen-bond acceptors (Lipinski definition) is 3. The Balaban J connectivity index is 2.03. The predicted octanol–water partition coefficient (Wildman–Crippen LogP) is 0.583. The fourth-order valence-corrected chi connectivity index (χ4v) is 1.66. The van der Waals surface area contributed by atoms with Crippen LogP contribution in [-0.2, 0) is 6.54 Å². The molecule has 1 aromatic heterocycles. The Bertz CT molecular complexity index is 341. The number of hydrogen-bond donors (Lipinski definition) is 1. The van der Waals surface area contributed by atoms with Crippen LogP contribution in [0.4, 0.5) is 4.79 Å². The molecule has 1 aliphatic rings. The summed E-state index contributed by atoms with van der Waals surface area (Å²) in [6, 6.07) is 3.71. The first kappa shape index (κ1) is 9.92. The lowest BCUT2D eigenvalue weighted by Crippen LogP contribution is -2.52. The number of rotatable bonds is 2. The molecule has 0 aromatic carbocycles. The maximum atomic E-state index is 11.6. The van der Waals surface area contributed by atoms with Crippen molar-refractivity contribution in [3.63, 3.8) is 0 Å². The summed E-state index contributed by atoms with van der Waals surface area (Å²) >= 11 is 0. The van der Waals surface area contributed by atoms with Crippen molar-refractivity contribution in [1.29, 1.82) is 0 Å². The van der Waals surface area contributed by atoms with Gasteiger partial charge in [0.15, 0.2) is 0 Å². The zero-order valence-corrected chi connectivity index (χ0v) is 8.47. The molecule has 5 heteroatoms. The number of hydrazine groups is 1. The highest BCUT2D eigenvalue weighted by molar-refractivity contribution is 5.74. The Morgan fingerprint density at radius 2 is 2.07 bits per heavy atom. The molecule has 1 saturated heterocycles. The van der Waals surface area contributed by atoms with E-state index in [0.717, 1.165) is 18.5 Å². The molecule has 0 aliphatic carbocycles. The number of pyridine rings is 1. The molecule has 15 heavy (non-hydrogen) atoms. The molecule has 0 radical (unpaired) electrons. The summed E-state index contributed by atoms with van der Waals surface area (Å²) < 4.78 is 0. The minimum Gasteiger partial charge on any atom is -0.319 e. The lowest BCUT2D eigenvalue weighted by atomic mass is 10.2. The van der Waals surface area contributed by atoms with Crippen molar-refractivity contribution in [2.75, 3.05) is 13.1 Å². The molecule has 2 amide bonds. The Morgan fingerprint density at radius 1 is 1.33 bits per heavy atom. The summed E-state index contributed by atoms with van der Waals surface area (Å²) in [5.41, 5.74) is 1.08. The molecule has 5 nitrogen and oxygen atoms in total. The third-order valence-corrected chi connectivity index (χ3v) is 2.47. The van der Waals surface area contributed by atoms with Crippen LogP contribution in [0, 0.1) is 0 Å². The van der Waals surface area contributed by atoms with E-state index in [-0.39, 0.29) is 6.03 Å². The van der Waals surface area contributed by atoms with Gasteiger partial charge >= 0.3 is 6.03 Å². The van der Waals surface area contributed by atoms with Crippen LogP contribution >= 0.6 is 0 Å². The molecule has 0 saturated carbocycles. The van der Waals surface area contributed by atoms with E-state index in [0.29, 0.717) is 13.1 Å². The van der Waals surface area contributed by atoms with Crippen molar-refractivity contribution in [3.8, 4) is 0 Å². The number of urea groups is 1. The van der Waals surface area contributed by atoms with Crippen molar-refractivity contribution < 1.29 is 4.79 Å². The lowest BCUT2D eigenvalue weighted by molar-refractivity contribution is 0.127. The van der Waals surface area contributed by atoms with Gasteiger partial charge in [0.2, 0.25) is 0 Å². The van der Waals surface area contributed by atoms with Gasteiger partial charge in [0, 0.05) is 32.0 Å². The van der Waals surface area contributed by atoms with Gasteiger partial charge in [0.05, 0.1) is 0 Å². The van der Waals surface area contributed by atoms with E-state index in [1.807, 2.05) is 12.1 Å². The van der Waals surface area contributed by atoms with E-state index in [1.165, 1.54) is 5.01 Å². The van der Waals surface area contributed by atoms with Crippen molar-refractivity contribution >= 4 is 6.03 Å². The number of amides is 2. The maximum Gasteiger partial charge on any atom is 0.334 e. The van der Waals surface area contributed by atoms with Gasteiger partial charge in [-0.05, 0) is 24.1 Å². The number of nitrogens with two attached hydrogens (primary N) is 1. The van der Waals surface area contributed by atoms with Crippen LogP contribution in [0.2, 0.25) is 0 Å². The molecule has 1 fully saturated rings. The van der Waals surface area contributed by atoms with Crippen LogP contribution in [0.5, 0.6) is 0 Å². The van der Waals surface area contributed by atoms with E-state index in [9.17, 15) is 4.79 Å². The second kappa shape index (κ2) is 4.27. The van der Waals surface area contributed by atoms with Gasteiger partial charge in [-0.3, -0.25) is 9.99 Å². The minimum absolute atomic E-state index is 0.0990. The summed E-state index contributed by atoms with van der Waals surface area (Å²) in [5, 5.41) is 1.27. The zero-order valence-electron chi connectivity index (χ0n) is 8.47. The van der Waals surface area contributed by atoms with Crippen molar-refractivity contribution in [2.24, 2.45) is 5.84 Å². The molecule has 2 N–H and O–H groups in total. The van der Waals surface area contributed by atoms with Gasteiger partial charge in [-0.2, -0.15) is 0 Å². The summed E-state index contributed by atoms with van der Waals surface area (Å²) in [5.74, 6) is 5.55. The van der Waals surface area contributed by atoms with Gasteiger partial charge in [-0.1, -0.05) is 0 Å². The second-order valence-corrected chi connectivity index (χ2v) is 3.61. The Labute approximate surface area is 88.5 Å². The molecular formula is C10H14N4O. The molecular weight excluding hydrogens is 192 g/mol. The average Bonchev–Trinajstić information content (AvgIpc) is 2.26. The first-order chi connectivity index (χ1) is 7.27. The van der Waals surface area contributed by atoms with Crippen LogP contribution in [-0.4, -0.2) is 34.0 Å². The van der Waals surface area contributed by atoms with Crippen LogP contribution < -0.4 is 5.84 Å². The van der Waals surface area contributed by atoms with Crippen molar-refractivity contribution in [3.05, 3.63) is 30.1 Å². The standard InChI is InChI=1S/C10H14N4O/c11-14-7-1-6-13(10(14)15)8-9-2-4-12-5-3-9/h2-5H,1,6-8,11H2. The molecule has 2 rings (SSSR count). The van der Waals surface area contributed by atoms with Gasteiger partial charge < -0.3 is 4.90 Å². The molecule has 0 unspecified atom stereocenters. The third kappa shape index (κ3) is 2.24. The average molecular weight is 206 g/mol. The highest BCUT2D eigenvalue weighted by atomic mass is 16.2. The van der Waals surface area contributed by atoms with E-state index < -0.39 is 0 Å². The summed E-state index contributed by atoms with van der Waals surface area (Å²) in [6.07, 6.45) is 4.38. The van der Waals surface area contributed by atoms with Crippen molar-refractivity contribution in [2.45, 2.75) is 13.0 Å². The van der Waals surface area contributed by atoms with Crippen LogP contribution in [0.3, 0.4) is 0 Å². The quantitative estimate of drug-likeness (QED) is 0.569. The predicted molar refractivity (Wildman–Crippen MR) is 55.6 cm³/mol. The third-order valence-electron chi connectivity index (χ3n) is 2.47. The van der Waals surface area contributed by atoms with E-state index >= 15 is 0 Å². The number of nitrogens with zero attached hydrogens (tertiary/aromatic N) is 3. The van der Waals surface area contributed by atoms with E-state index in [1.54, 1.807) is 17.3 Å². The summed E-state index contributed by atoms with van der Waals surface area (Å²) in [4.78, 5) is 17.3. The van der Waals surface area contributed by atoms with Gasteiger partial charge in [0.25, 0.3) is 0 Å². The molecule has 0 atom stereocenters. The first-order valence-corrected chi connectivity index (χ1v) is 4.97. The Kier molecular flexibility index (Phi) is 2.82. The number of carbonyl (C=O) groups excluding carboxylic acids is 1. The summed E-state index contributed by atoms with van der Waals surface area (Å²) in [7, 11) is 0. The van der Waals surface area contributed by atoms with Gasteiger partial charge in [-0.15, -0.1) is 0 Å². The molecule has 2 heterocycles. The zero-order chi connectivity index (χ0) is 10.7. The Hall–Kier alpha value is -1.62. The minimum atomic E-state index is -0.0990. The maximum absolute atomic E-state index is 11.6. The largest absolute Gasteiger partial charge is 0.334 e. The molecule has 80 valence electrons. The number of aromatic nitrogens is 1. The molecule has 0 spiro atoms. The molecule has 1 aromatic rings. The van der Waals surface area contributed by atoms with Crippen LogP contribution in [0.1, 0.15) is 12.0 Å². The topological polar surface area (TPSA) is 62.5 Å². The molecule has 0 bridgehead atoms.